The van der Waals surface area contributed by atoms with Crippen LogP contribution in [0.1, 0.15) is 18.4 Å². The lowest BCUT2D eigenvalue weighted by atomic mass is 10.2. The second-order valence-corrected chi connectivity index (χ2v) is 5.21. The maximum atomic E-state index is 5.88. The molecule has 0 aromatic carbocycles. The van der Waals surface area contributed by atoms with Crippen LogP contribution in [0.5, 0.6) is 0 Å². The Morgan fingerprint density at radius 2 is 2.28 bits per heavy atom. The van der Waals surface area contributed by atoms with E-state index in [2.05, 4.69) is 20.2 Å². The van der Waals surface area contributed by atoms with E-state index in [0.29, 0.717) is 12.0 Å². The van der Waals surface area contributed by atoms with Crippen molar-refractivity contribution in [1.29, 1.82) is 0 Å². The molecule has 0 spiro atoms. The van der Waals surface area contributed by atoms with Gasteiger partial charge in [-0.3, -0.25) is 4.90 Å². The maximum absolute atomic E-state index is 5.88. The molecule has 5 heteroatoms. The normalized spacial score (nSPS) is 28.1. The number of nitrogens with one attached hydrogen (secondary N) is 1. The summed E-state index contributed by atoms with van der Waals surface area (Å²) in [5.74, 6) is 0.688. The molecule has 1 aromatic rings. The van der Waals surface area contributed by atoms with Gasteiger partial charge >= 0.3 is 0 Å². The second-order valence-electron chi connectivity index (χ2n) is 5.21. The fraction of sp³-hybridized carbons (Fsp3) is 0.692. The van der Waals surface area contributed by atoms with Gasteiger partial charge in [-0.05, 0) is 31.9 Å². The Morgan fingerprint density at radius 1 is 1.44 bits per heavy atom. The van der Waals surface area contributed by atoms with Crippen molar-refractivity contribution in [2.24, 2.45) is 0 Å². The molecule has 2 atom stereocenters. The maximum Gasteiger partial charge on any atom is 0.222 e. The molecular weight excluding hydrogens is 228 g/mol. The molecule has 3 heterocycles. The summed E-state index contributed by atoms with van der Waals surface area (Å²) in [6.45, 7) is 5.91. The molecular formula is C13H20N4O. The number of aryl methyl sites for hydroxylation is 1. The van der Waals surface area contributed by atoms with Gasteiger partial charge in [0.2, 0.25) is 5.95 Å². The molecule has 0 radical (unpaired) electrons. The summed E-state index contributed by atoms with van der Waals surface area (Å²) in [5.41, 5.74) is 1.08. The van der Waals surface area contributed by atoms with E-state index in [1.54, 1.807) is 0 Å². The second kappa shape index (κ2) is 5.20. The first-order valence-electron chi connectivity index (χ1n) is 6.69. The van der Waals surface area contributed by atoms with Gasteiger partial charge in [-0.15, -0.1) is 0 Å². The van der Waals surface area contributed by atoms with Gasteiger partial charge < -0.3 is 10.1 Å². The number of morpholine rings is 1. The van der Waals surface area contributed by atoms with E-state index in [0.717, 1.165) is 25.3 Å². The molecule has 0 bridgehead atoms. The quantitative estimate of drug-likeness (QED) is 0.867. The minimum Gasteiger partial charge on any atom is -0.373 e. The van der Waals surface area contributed by atoms with Crippen LogP contribution in [0.2, 0.25) is 0 Å². The van der Waals surface area contributed by atoms with Crippen molar-refractivity contribution in [2.75, 3.05) is 31.6 Å². The number of ether oxygens (including phenoxy) is 1. The summed E-state index contributed by atoms with van der Waals surface area (Å²) in [5, 5.41) is 3.25. The Morgan fingerprint density at radius 3 is 3.11 bits per heavy atom. The average molecular weight is 248 g/mol. The summed E-state index contributed by atoms with van der Waals surface area (Å²) < 4.78 is 5.88. The predicted octanol–water partition coefficient (Wildman–Crippen LogP) is 1.06. The Labute approximate surface area is 108 Å². The smallest absolute Gasteiger partial charge is 0.222 e. The van der Waals surface area contributed by atoms with Gasteiger partial charge in [0.25, 0.3) is 0 Å². The van der Waals surface area contributed by atoms with Gasteiger partial charge in [0, 0.05) is 31.5 Å². The van der Waals surface area contributed by atoms with Crippen LogP contribution in [-0.4, -0.2) is 53.3 Å². The highest BCUT2D eigenvalue weighted by molar-refractivity contribution is 5.24. The Hall–Kier alpha value is -1.20. The highest BCUT2D eigenvalue weighted by Crippen LogP contribution is 2.22. The zero-order valence-corrected chi connectivity index (χ0v) is 10.8. The summed E-state index contributed by atoms with van der Waals surface area (Å²) in [6, 6.07) is 0.664. The lowest BCUT2D eigenvalue weighted by Gasteiger charge is -2.35. The average Bonchev–Trinajstić information content (AvgIpc) is 2.85. The topological polar surface area (TPSA) is 50.3 Å². The van der Waals surface area contributed by atoms with E-state index in [9.17, 15) is 0 Å². The fourth-order valence-electron chi connectivity index (χ4n) is 2.70. The number of hydrogen-bond acceptors (Lipinski definition) is 5. The summed E-state index contributed by atoms with van der Waals surface area (Å²) in [7, 11) is 0. The summed E-state index contributed by atoms with van der Waals surface area (Å²) in [6.07, 6.45) is 6.52. The van der Waals surface area contributed by atoms with E-state index in [-0.39, 0.29) is 6.10 Å². The van der Waals surface area contributed by atoms with Crippen molar-refractivity contribution < 1.29 is 4.74 Å². The van der Waals surface area contributed by atoms with Crippen molar-refractivity contribution in [3.63, 3.8) is 0 Å². The van der Waals surface area contributed by atoms with Crippen molar-refractivity contribution in [3.8, 4) is 0 Å². The molecule has 1 aromatic heterocycles. The third-order valence-corrected chi connectivity index (χ3v) is 3.73. The van der Waals surface area contributed by atoms with Gasteiger partial charge in [-0.25, -0.2) is 9.97 Å². The number of aromatic nitrogens is 2. The minimum absolute atomic E-state index is 0.254. The third kappa shape index (κ3) is 2.62. The molecule has 2 unspecified atom stereocenters. The summed E-state index contributed by atoms with van der Waals surface area (Å²) >= 11 is 0. The number of hydrogen-bond donors (Lipinski definition) is 1. The van der Waals surface area contributed by atoms with Gasteiger partial charge in [-0.1, -0.05) is 0 Å². The van der Waals surface area contributed by atoms with Crippen LogP contribution < -0.4 is 5.32 Å². The van der Waals surface area contributed by atoms with E-state index in [1.165, 1.54) is 19.4 Å². The van der Waals surface area contributed by atoms with Crippen LogP contribution in [0.15, 0.2) is 12.4 Å². The molecule has 0 amide bonds. The standard InChI is InChI=1S/C13H20N4O/c1-10-5-14-13(15-6-10)16-7-12-8-17-4-2-3-11(17)9-18-12/h5-6,11-12H,2-4,7-9H2,1H3,(H,14,15,16). The highest BCUT2D eigenvalue weighted by Gasteiger charge is 2.31. The van der Waals surface area contributed by atoms with Crippen LogP contribution in [0.25, 0.3) is 0 Å². The van der Waals surface area contributed by atoms with Crippen LogP contribution >= 0.6 is 0 Å². The molecule has 5 nitrogen and oxygen atoms in total. The molecule has 3 rings (SSSR count). The molecule has 2 aliphatic heterocycles. The minimum atomic E-state index is 0.254. The van der Waals surface area contributed by atoms with Gasteiger partial charge in [0.05, 0.1) is 12.7 Å². The molecule has 2 saturated heterocycles. The Bertz CT molecular complexity index is 394. The Balaban J connectivity index is 1.50. The molecule has 0 aliphatic carbocycles. The van der Waals surface area contributed by atoms with Gasteiger partial charge in [0.1, 0.15) is 0 Å². The zero-order valence-electron chi connectivity index (χ0n) is 10.8. The van der Waals surface area contributed by atoms with Crippen LogP contribution in [0.3, 0.4) is 0 Å². The van der Waals surface area contributed by atoms with E-state index in [1.807, 2.05) is 19.3 Å². The van der Waals surface area contributed by atoms with E-state index >= 15 is 0 Å². The molecule has 2 aliphatic rings. The molecule has 98 valence electrons. The van der Waals surface area contributed by atoms with Gasteiger partial charge in [-0.2, -0.15) is 0 Å². The van der Waals surface area contributed by atoms with Crippen molar-refractivity contribution in [3.05, 3.63) is 18.0 Å². The monoisotopic (exact) mass is 248 g/mol. The first-order valence-corrected chi connectivity index (χ1v) is 6.69. The first kappa shape index (κ1) is 11.9. The fourth-order valence-corrected chi connectivity index (χ4v) is 2.70. The first-order chi connectivity index (χ1) is 8.81. The molecule has 18 heavy (non-hydrogen) atoms. The Kier molecular flexibility index (Phi) is 3.43. The summed E-state index contributed by atoms with van der Waals surface area (Å²) in [4.78, 5) is 11.0. The number of fused-ring (bicyclic) bond motifs is 1. The zero-order chi connectivity index (χ0) is 12.4. The van der Waals surface area contributed by atoms with Crippen LogP contribution in [0.4, 0.5) is 5.95 Å². The molecule has 2 fully saturated rings. The van der Waals surface area contributed by atoms with Crippen molar-refractivity contribution >= 4 is 5.95 Å². The van der Waals surface area contributed by atoms with Crippen molar-refractivity contribution in [1.82, 2.24) is 14.9 Å². The largest absolute Gasteiger partial charge is 0.373 e. The molecule has 1 N–H and O–H groups in total. The predicted molar refractivity (Wildman–Crippen MR) is 69.6 cm³/mol. The molecule has 0 saturated carbocycles. The number of nitrogens with zero attached hydrogens (tertiary/aromatic N) is 3. The highest BCUT2D eigenvalue weighted by atomic mass is 16.5. The van der Waals surface area contributed by atoms with Crippen LogP contribution in [-0.2, 0) is 4.74 Å². The lowest BCUT2D eigenvalue weighted by Crippen LogP contribution is -2.48. The van der Waals surface area contributed by atoms with Crippen LogP contribution in [0, 0.1) is 6.92 Å². The van der Waals surface area contributed by atoms with Crippen molar-refractivity contribution in [2.45, 2.75) is 31.9 Å². The SMILES string of the molecule is Cc1cnc(NCC2CN3CCCC3CO2)nc1. The van der Waals surface area contributed by atoms with E-state index < -0.39 is 0 Å². The lowest BCUT2D eigenvalue weighted by molar-refractivity contribution is -0.0416. The van der Waals surface area contributed by atoms with Gasteiger partial charge in [0.15, 0.2) is 0 Å². The number of rotatable bonds is 3. The number of anilines is 1. The van der Waals surface area contributed by atoms with E-state index in [4.69, 9.17) is 4.74 Å². The third-order valence-electron chi connectivity index (χ3n) is 3.73.